The molecule has 0 atom stereocenters. The fourth-order valence-electron chi connectivity index (χ4n) is 1.98. The summed E-state index contributed by atoms with van der Waals surface area (Å²) in [6.45, 7) is 5.76. The van der Waals surface area contributed by atoms with E-state index >= 15 is 0 Å². The Balaban J connectivity index is 0.00000289. The number of halogens is 1. The molecule has 0 saturated carbocycles. The van der Waals surface area contributed by atoms with Crippen molar-refractivity contribution in [3.8, 4) is 0 Å². The summed E-state index contributed by atoms with van der Waals surface area (Å²) in [6.07, 6.45) is 1.40. The van der Waals surface area contributed by atoms with Crippen LogP contribution in [0.15, 0.2) is 10.5 Å². The van der Waals surface area contributed by atoms with Gasteiger partial charge in [0.15, 0.2) is 11.6 Å². The van der Waals surface area contributed by atoms with Crippen molar-refractivity contribution < 1.29 is 27.4 Å². The van der Waals surface area contributed by atoms with Crippen molar-refractivity contribution in [1.29, 1.82) is 0 Å². The van der Waals surface area contributed by atoms with Gasteiger partial charge in [-0.05, 0) is 23.6 Å². The van der Waals surface area contributed by atoms with Crippen LogP contribution < -0.4 is 23.5 Å². The number of allylic oxidation sites excluding steroid dienone is 2. The van der Waals surface area contributed by atoms with E-state index in [0.717, 1.165) is 16.7 Å². The number of Topliss-reactive ketones (excluding diaryl/α,β-unsaturated/α-hetero) is 2. The molecule has 18 heavy (non-hydrogen) atoms. The van der Waals surface area contributed by atoms with Crippen molar-refractivity contribution >= 4 is 28.5 Å². The Kier molecular flexibility index (Phi) is 6.10. The van der Waals surface area contributed by atoms with Crippen molar-refractivity contribution in [2.45, 2.75) is 40.0 Å². The van der Waals surface area contributed by atoms with Gasteiger partial charge in [-0.25, -0.2) is 0 Å². The van der Waals surface area contributed by atoms with Crippen LogP contribution in [0, 0.1) is 5.41 Å². The Bertz CT molecular complexity index is 416. The first-order valence-electron chi connectivity index (χ1n) is 5.62. The summed E-state index contributed by atoms with van der Waals surface area (Å²) in [4.78, 5) is 24.5. The summed E-state index contributed by atoms with van der Waals surface area (Å²) in [5.74, 6) is -0.203. The number of ketones is 2. The maximum atomic E-state index is 12.0. The molecule has 4 N–H and O–H groups in total. The number of hydrogen-bond acceptors (Lipinski definition) is 3. The number of hydrogen-bond donors (Lipinski definition) is 2. The van der Waals surface area contributed by atoms with Gasteiger partial charge < -0.3 is 12.4 Å². The lowest BCUT2D eigenvalue weighted by Gasteiger charge is -2.30. The molecular formula is C12H19ClN2O2S. The van der Waals surface area contributed by atoms with Crippen LogP contribution in [0.4, 0.5) is 0 Å². The molecule has 0 aliphatic heterocycles. The molecule has 0 aromatic heterocycles. The number of thioether (sulfide) groups is 1. The monoisotopic (exact) mass is 290 g/mol. The highest BCUT2D eigenvalue weighted by molar-refractivity contribution is 8.16. The largest absolute Gasteiger partial charge is 1.00 e. The highest BCUT2D eigenvalue weighted by Gasteiger charge is 2.36. The number of carbonyl (C=O) groups excluding carboxylic acids is 2. The van der Waals surface area contributed by atoms with E-state index < -0.39 is 0 Å². The Morgan fingerprint density at radius 3 is 2.44 bits per heavy atom. The zero-order valence-corrected chi connectivity index (χ0v) is 12.5. The van der Waals surface area contributed by atoms with Gasteiger partial charge in [-0.15, -0.1) is 0 Å². The SMILES string of the molecule is CCC(=O)C1=C(SC(N)=[NH2+])CC(C)(C)CC1=O.[Cl-]. The predicted octanol–water partition coefficient (Wildman–Crippen LogP) is -2.58. The minimum atomic E-state index is -0.133. The molecule has 102 valence electrons. The van der Waals surface area contributed by atoms with E-state index in [-0.39, 0.29) is 34.6 Å². The summed E-state index contributed by atoms with van der Waals surface area (Å²) in [5.41, 5.74) is 5.64. The molecule has 0 unspecified atom stereocenters. The van der Waals surface area contributed by atoms with Crippen LogP contribution in [0.25, 0.3) is 0 Å². The minimum Gasteiger partial charge on any atom is -1.00 e. The van der Waals surface area contributed by atoms with Crippen LogP contribution in [0.5, 0.6) is 0 Å². The topological polar surface area (TPSA) is 85.8 Å². The lowest BCUT2D eigenvalue weighted by Crippen LogP contribution is -3.00. The molecular weight excluding hydrogens is 272 g/mol. The fourth-order valence-corrected chi connectivity index (χ4v) is 3.06. The second-order valence-electron chi connectivity index (χ2n) is 5.02. The molecule has 0 fully saturated rings. The molecule has 0 saturated heterocycles. The van der Waals surface area contributed by atoms with Crippen molar-refractivity contribution in [3.63, 3.8) is 0 Å². The number of rotatable bonds is 3. The highest BCUT2D eigenvalue weighted by atomic mass is 35.5. The molecule has 0 radical (unpaired) electrons. The van der Waals surface area contributed by atoms with E-state index in [1.165, 1.54) is 0 Å². The first kappa shape index (κ1) is 17.2. The van der Waals surface area contributed by atoms with Crippen LogP contribution in [0.1, 0.15) is 40.0 Å². The third-order valence-corrected chi connectivity index (χ3v) is 3.51. The van der Waals surface area contributed by atoms with E-state index in [4.69, 9.17) is 11.1 Å². The molecule has 0 bridgehead atoms. The molecule has 1 rings (SSSR count). The molecule has 0 aromatic carbocycles. The van der Waals surface area contributed by atoms with E-state index in [0.29, 0.717) is 24.8 Å². The van der Waals surface area contributed by atoms with Gasteiger partial charge in [0.25, 0.3) is 0 Å². The van der Waals surface area contributed by atoms with Gasteiger partial charge in [0, 0.05) is 17.7 Å². The highest BCUT2D eigenvalue weighted by Crippen LogP contribution is 2.41. The Morgan fingerprint density at radius 2 is 2.00 bits per heavy atom. The predicted molar refractivity (Wildman–Crippen MR) is 69.1 cm³/mol. The van der Waals surface area contributed by atoms with Gasteiger partial charge in [-0.1, -0.05) is 20.8 Å². The summed E-state index contributed by atoms with van der Waals surface area (Å²) >= 11 is 1.14. The first-order chi connectivity index (χ1) is 7.76. The zero-order chi connectivity index (χ0) is 13.2. The Hall–Kier alpha value is -0.810. The van der Waals surface area contributed by atoms with Gasteiger partial charge in [-0.3, -0.25) is 20.7 Å². The van der Waals surface area contributed by atoms with Crippen LogP contribution in [0.3, 0.4) is 0 Å². The lowest BCUT2D eigenvalue weighted by atomic mass is 9.76. The number of nitrogens with two attached hydrogens (primary N) is 2. The number of amidine groups is 1. The molecule has 6 heteroatoms. The van der Waals surface area contributed by atoms with Crippen molar-refractivity contribution in [1.82, 2.24) is 0 Å². The molecule has 0 heterocycles. The average Bonchev–Trinajstić information content (AvgIpc) is 2.13. The molecule has 0 amide bonds. The van der Waals surface area contributed by atoms with Gasteiger partial charge in [0.1, 0.15) is 0 Å². The van der Waals surface area contributed by atoms with Crippen LogP contribution >= 0.6 is 11.8 Å². The summed E-state index contributed by atoms with van der Waals surface area (Å²) in [6, 6.07) is 0. The van der Waals surface area contributed by atoms with Crippen molar-refractivity contribution in [2.75, 3.05) is 0 Å². The number of carbonyl (C=O) groups is 2. The van der Waals surface area contributed by atoms with E-state index in [1.807, 2.05) is 13.8 Å². The molecule has 0 aromatic rings. The summed E-state index contributed by atoms with van der Waals surface area (Å²) in [5, 5.41) is 5.63. The third kappa shape index (κ3) is 4.14. The maximum absolute atomic E-state index is 12.0. The van der Waals surface area contributed by atoms with Gasteiger partial charge in [-0.2, -0.15) is 0 Å². The molecule has 4 nitrogen and oxygen atoms in total. The average molecular weight is 291 g/mol. The van der Waals surface area contributed by atoms with Crippen LogP contribution in [0.2, 0.25) is 0 Å². The summed E-state index contributed by atoms with van der Waals surface area (Å²) in [7, 11) is 0. The normalized spacial score (nSPS) is 18.3. The van der Waals surface area contributed by atoms with E-state index in [9.17, 15) is 9.59 Å². The Morgan fingerprint density at radius 1 is 1.44 bits per heavy atom. The molecule has 1 aliphatic carbocycles. The quantitative estimate of drug-likeness (QED) is 0.340. The third-order valence-electron chi connectivity index (χ3n) is 2.68. The molecule has 1 aliphatic rings. The second kappa shape index (κ2) is 6.38. The fraction of sp³-hybridized carbons (Fsp3) is 0.583. The first-order valence-corrected chi connectivity index (χ1v) is 6.44. The van der Waals surface area contributed by atoms with Crippen LogP contribution in [-0.4, -0.2) is 16.7 Å². The second-order valence-corrected chi connectivity index (χ2v) is 6.19. The summed E-state index contributed by atoms with van der Waals surface area (Å²) < 4.78 is 0. The smallest absolute Gasteiger partial charge is 0.304 e. The Labute approximate surface area is 118 Å². The molecule has 0 spiro atoms. The van der Waals surface area contributed by atoms with Crippen molar-refractivity contribution in [2.24, 2.45) is 11.1 Å². The van der Waals surface area contributed by atoms with Gasteiger partial charge in [0.05, 0.1) is 5.57 Å². The van der Waals surface area contributed by atoms with Gasteiger partial charge in [0.2, 0.25) is 0 Å². The maximum Gasteiger partial charge on any atom is 0.304 e. The van der Waals surface area contributed by atoms with E-state index in [2.05, 4.69) is 0 Å². The lowest BCUT2D eigenvalue weighted by molar-refractivity contribution is -0.123. The van der Waals surface area contributed by atoms with Gasteiger partial charge >= 0.3 is 5.17 Å². The van der Waals surface area contributed by atoms with Crippen molar-refractivity contribution in [3.05, 3.63) is 10.5 Å². The van der Waals surface area contributed by atoms with Crippen LogP contribution in [-0.2, 0) is 9.59 Å². The minimum absolute atomic E-state index is 0. The zero-order valence-electron chi connectivity index (χ0n) is 10.9. The van der Waals surface area contributed by atoms with E-state index in [1.54, 1.807) is 6.92 Å². The standard InChI is InChI=1S/C12H18N2O2S.ClH/c1-4-7(15)10-8(16)5-12(2,3)6-9(10)17-11(13)14;/h4-6H2,1-3H3,(H3,13,14);1H.